The predicted octanol–water partition coefficient (Wildman–Crippen LogP) is 2.40. The molecular formula is C21H28N2O4. The highest BCUT2D eigenvalue weighted by Crippen LogP contribution is 2.35. The summed E-state index contributed by atoms with van der Waals surface area (Å²) in [7, 11) is 0. The summed E-state index contributed by atoms with van der Waals surface area (Å²) in [6.07, 6.45) is 3.42. The van der Waals surface area contributed by atoms with Crippen LogP contribution in [0.1, 0.15) is 50.5 Å². The number of carbonyl (C=O) groups is 3. The fourth-order valence-corrected chi connectivity index (χ4v) is 4.12. The van der Waals surface area contributed by atoms with Gasteiger partial charge in [0.2, 0.25) is 11.8 Å². The molecule has 1 aromatic carbocycles. The molecule has 3 atom stereocenters. The lowest BCUT2D eigenvalue weighted by Gasteiger charge is -2.37. The van der Waals surface area contributed by atoms with E-state index in [0.717, 1.165) is 12.0 Å². The first-order valence-electron chi connectivity index (χ1n) is 9.88. The van der Waals surface area contributed by atoms with E-state index in [4.69, 9.17) is 5.11 Å². The number of benzene rings is 1. The van der Waals surface area contributed by atoms with E-state index in [-0.39, 0.29) is 23.8 Å². The van der Waals surface area contributed by atoms with Crippen molar-refractivity contribution in [1.29, 1.82) is 0 Å². The van der Waals surface area contributed by atoms with E-state index in [2.05, 4.69) is 5.32 Å². The first kappa shape index (κ1) is 19.4. The lowest BCUT2D eigenvalue weighted by molar-refractivity contribution is -0.153. The Hall–Kier alpha value is -2.37. The second kappa shape index (κ2) is 8.55. The largest absolute Gasteiger partial charge is 0.481 e. The first-order chi connectivity index (χ1) is 13.0. The van der Waals surface area contributed by atoms with Gasteiger partial charge in [-0.2, -0.15) is 0 Å². The van der Waals surface area contributed by atoms with Crippen molar-refractivity contribution in [3.05, 3.63) is 35.9 Å². The molecule has 0 spiro atoms. The number of nitrogens with one attached hydrogen (secondary N) is 1. The molecule has 1 saturated heterocycles. The highest BCUT2D eigenvalue weighted by atomic mass is 16.4. The molecule has 1 aliphatic heterocycles. The molecule has 2 amide bonds. The zero-order chi connectivity index (χ0) is 19.4. The maximum Gasteiger partial charge on any atom is 0.307 e. The van der Waals surface area contributed by atoms with Crippen LogP contribution in [0.25, 0.3) is 0 Å². The molecule has 3 rings (SSSR count). The van der Waals surface area contributed by atoms with Crippen LogP contribution >= 0.6 is 0 Å². The SMILES string of the molecule is CCC(C(=O)N1CCC(NC(=O)C2CCC2C(=O)O)CC1)c1ccccc1. The number of hydrogen-bond acceptors (Lipinski definition) is 3. The van der Waals surface area contributed by atoms with Gasteiger partial charge < -0.3 is 15.3 Å². The number of hydrogen-bond donors (Lipinski definition) is 2. The third-order valence-electron chi connectivity index (χ3n) is 5.99. The van der Waals surface area contributed by atoms with Crippen LogP contribution < -0.4 is 5.32 Å². The van der Waals surface area contributed by atoms with Crippen molar-refractivity contribution in [3.8, 4) is 0 Å². The van der Waals surface area contributed by atoms with Crippen LogP contribution in [0.5, 0.6) is 0 Å². The number of nitrogens with zero attached hydrogens (tertiary/aromatic N) is 1. The zero-order valence-corrected chi connectivity index (χ0v) is 15.8. The molecule has 2 N–H and O–H groups in total. The second-order valence-corrected chi connectivity index (χ2v) is 7.61. The number of aliphatic carboxylic acids is 1. The number of carbonyl (C=O) groups excluding carboxylic acids is 2. The number of piperidine rings is 1. The molecule has 2 fully saturated rings. The summed E-state index contributed by atoms with van der Waals surface area (Å²) in [5, 5.41) is 12.1. The van der Waals surface area contributed by atoms with Crippen LogP contribution in [0.3, 0.4) is 0 Å². The summed E-state index contributed by atoms with van der Waals surface area (Å²) in [6.45, 7) is 3.28. The molecule has 1 heterocycles. The lowest BCUT2D eigenvalue weighted by Crippen LogP contribution is -2.51. The lowest BCUT2D eigenvalue weighted by atomic mass is 9.73. The Morgan fingerprint density at radius 1 is 1.07 bits per heavy atom. The monoisotopic (exact) mass is 372 g/mol. The second-order valence-electron chi connectivity index (χ2n) is 7.61. The van der Waals surface area contributed by atoms with Gasteiger partial charge in [-0.1, -0.05) is 37.3 Å². The summed E-state index contributed by atoms with van der Waals surface area (Å²) in [5.74, 6) is -1.93. The molecule has 27 heavy (non-hydrogen) atoms. The zero-order valence-electron chi connectivity index (χ0n) is 15.8. The van der Waals surface area contributed by atoms with Gasteiger partial charge in [0.15, 0.2) is 0 Å². The van der Waals surface area contributed by atoms with Gasteiger partial charge in [0.05, 0.1) is 17.8 Å². The summed E-state index contributed by atoms with van der Waals surface area (Å²) >= 11 is 0. The van der Waals surface area contributed by atoms with Gasteiger partial charge in [0.1, 0.15) is 0 Å². The van der Waals surface area contributed by atoms with E-state index in [0.29, 0.717) is 38.8 Å². The van der Waals surface area contributed by atoms with E-state index in [1.165, 1.54) is 0 Å². The van der Waals surface area contributed by atoms with Gasteiger partial charge in [-0.05, 0) is 37.7 Å². The molecule has 3 unspecified atom stereocenters. The number of likely N-dealkylation sites (tertiary alicyclic amines) is 1. The van der Waals surface area contributed by atoms with Crippen LogP contribution in [0.2, 0.25) is 0 Å². The molecule has 1 saturated carbocycles. The summed E-state index contributed by atoms with van der Waals surface area (Å²) in [5.41, 5.74) is 1.05. The predicted molar refractivity (Wildman–Crippen MR) is 101 cm³/mol. The van der Waals surface area contributed by atoms with Crippen molar-refractivity contribution in [2.75, 3.05) is 13.1 Å². The van der Waals surface area contributed by atoms with Crippen LogP contribution in [0.4, 0.5) is 0 Å². The van der Waals surface area contributed by atoms with Crippen LogP contribution in [0.15, 0.2) is 30.3 Å². The summed E-state index contributed by atoms with van der Waals surface area (Å²) in [4.78, 5) is 38.2. The first-order valence-corrected chi connectivity index (χ1v) is 9.88. The Balaban J connectivity index is 1.50. The smallest absolute Gasteiger partial charge is 0.307 e. The molecule has 1 aromatic rings. The van der Waals surface area contributed by atoms with Gasteiger partial charge in [-0.25, -0.2) is 0 Å². The number of amides is 2. The van der Waals surface area contributed by atoms with Crippen molar-refractivity contribution in [3.63, 3.8) is 0 Å². The molecular weight excluding hydrogens is 344 g/mol. The molecule has 0 bridgehead atoms. The molecule has 146 valence electrons. The van der Waals surface area contributed by atoms with E-state index in [1.807, 2.05) is 42.2 Å². The van der Waals surface area contributed by atoms with Crippen molar-refractivity contribution < 1.29 is 19.5 Å². The summed E-state index contributed by atoms with van der Waals surface area (Å²) < 4.78 is 0. The fraction of sp³-hybridized carbons (Fsp3) is 0.571. The molecule has 6 nitrogen and oxygen atoms in total. The quantitative estimate of drug-likeness (QED) is 0.803. The van der Waals surface area contributed by atoms with E-state index in [1.54, 1.807) is 0 Å². The maximum atomic E-state index is 12.9. The van der Waals surface area contributed by atoms with Crippen LogP contribution in [0, 0.1) is 11.8 Å². The minimum atomic E-state index is -0.881. The van der Waals surface area contributed by atoms with Gasteiger partial charge in [0, 0.05) is 19.1 Å². The van der Waals surface area contributed by atoms with Crippen LogP contribution in [-0.4, -0.2) is 46.9 Å². The van der Waals surface area contributed by atoms with Crippen molar-refractivity contribution in [1.82, 2.24) is 10.2 Å². The molecule has 6 heteroatoms. The van der Waals surface area contributed by atoms with Gasteiger partial charge in [-0.3, -0.25) is 14.4 Å². The Labute approximate surface area is 159 Å². The number of rotatable bonds is 6. The van der Waals surface area contributed by atoms with Crippen LogP contribution in [-0.2, 0) is 14.4 Å². The minimum Gasteiger partial charge on any atom is -0.481 e. The van der Waals surface area contributed by atoms with E-state index < -0.39 is 17.8 Å². The molecule has 0 aromatic heterocycles. The molecule has 1 aliphatic carbocycles. The topological polar surface area (TPSA) is 86.7 Å². The highest BCUT2D eigenvalue weighted by molar-refractivity contribution is 5.86. The third-order valence-corrected chi connectivity index (χ3v) is 5.99. The third kappa shape index (κ3) is 4.31. The van der Waals surface area contributed by atoms with Gasteiger partial charge in [-0.15, -0.1) is 0 Å². The molecule has 2 aliphatic rings. The highest BCUT2D eigenvalue weighted by Gasteiger charge is 2.42. The Bertz CT molecular complexity index is 683. The maximum absolute atomic E-state index is 12.9. The van der Waals surface area contributed by atoms with Crippen molar-refractivity contribution >= 4 is 17.8 Å². The fourth-order valence-electron chi connectivity index (χ4n) is 4.12. The minimum absolute atomic E-state index is 0.0217. The Kier molecular flexibility index (Phi) is 6.14. The Morgan fingerprint density at radius 2 is 1.70 bits per heavy atom. The average Bonchev–Trinajstić information content (AvgIpc) is 2.62. The number of carboxylic acids is 1. The molecule has 0 radical (unpaired) electrons. The normalized spacial score (nSPS) is 24.0. The number of carboxylic acid groups (broad SMARTS) is 1. The van der Waals surface area contributed by atoms with Crippen molar-refractivity contribution in [2.24, 2.45) is 11.8 Å². The van der Waals surface area contributed by atoms with Gasteiger partial charge >= 0.3 is 5.97 Å². The standard InChI is InChI=1S/C21H28N2O4/c1-2-16(14-6-4-3-5-7-14)20(25)23-12-10-15(11-13-23)22-19(24)17-8-9-18(17)21(26)27/h3-7,15-18H,2,8-13H2,1H3,(H,22,24)(H,26,27). The van der Waals surface area contributed by atoms with E-state index >= 15 is 0 Å². The summed E-state index contributed by atoms with van der Waals surface area (Å²) in [6, 6.07) is 9.88. The Morgan fingerprint density at radius 3 is 2.22 bits per heavy atom. The average molecular weight is 372 g/mol. The van der Waals surface area contributed by atoms with E-state index in [9.17, 15) is 14.4 Å². The van der Waals surface area contributed by atoms with Gasteiger partial charge in [0.25, 0.3) is 0 Å². The van der Waals surface area contributed by atoms with Crippen molar-refractivity contribution in [2.45, 2.75) is 51.0 Å².